The number of hydrogen-bond donors (Lipinski definition) is 1. The highest BCUT2D eigenvalue weighted by atomic mass is 127. The van der Waals surface area contributed by atoms with Gasteiger partial charge in [0, 0.05) is 6.54 Å². The van der Waals surface area contributed by atoms with Gasteiger partial charge < -0.3 is 9.84 Å². The molecular weight excluding hydrogens is 367 g/mol. The molecule has 0 aliphatic carbocycles. The predicted molar refractivity (Wildman–Crippen MR) is 87.9 cm³/mol. The van der Waals surface area contributed by atoms with Crippen LogP contribution in [0.5, 0.6) is 0 Å². The highest BCUT2D eigenvalue weighted by Gasteiger charge is 2.18. The lowest BCUT2D eigenvalue weighted by Gasteiger charge is -2.11. The van der Waals surface area contributed by atoms with E-state index in [0.717, 1.165) is 51.5 Å². The molecule has 0 amide bonds. The van der Waals surface area contributed by atoms with Crippen LogP contribution in [0.25, 0.3) is 11.4 Å². The fourth-order valence-corrected chi connectivity index (χ4v) is 2.82. The molecular formula is C14H19IN4O. The Bertz CT molecular complexity index is 590. The van der Waals surface area contributed by atoms with Gasteiger partial charge in [-0.25, -0.2) is 9.97 Å². The molecule has 0 aromatic carbocycles. The first-order valence-corrected chi connectivity index (χ1v) is 7.89. The quantitative estimate of drug-likeness (QED) is 0.794. The normalized spacial score (nSPS) is 10.8. The highest BCUT2D eigenvalue weighted by molar-refractivity contribution is 14.1. The number of anilines is 1. The standard InChI is InChI=1S/C14H19IN4O/c1-5-7-16-14-12(15)10(6-2)17-13(18-14)11-8(3)19-20-9(11)4/h5-7H2,1-4H3,(H,16,17,18). The molecule has 2 rings (SSSR count). The molecule has 5 nitrogen and oxygen atoms in total. The van der Waals surface area contributed by atoms with Gasteiger partial charge in [0.1, 0.15) is 11.6 Å². The minimum atomic E-state index is 0.692. The van der Waals surface area contributed by atoms with E-state index in [-0.39, 0.29) is 0 Å². The Morgan fingerprint density at radius 1 is 1.20 bits per heavy atom. The van der Waals surface area contributed by atoms with Gasteiger partial charge >= 0.3 is 0 Å². The Hall–Kier alpha value is -1.18. The maximum absolute atomic E-state index is 5.22. The summed E-state index contributed by atoms with van der Waals surface area (Å²) in [7, 11) is 0. The lowest BCUT2D eigenvalue weighted by atomic mass is 10.2. The van der Waals surface area contributed by atoms with Crippen molar-refractivity contribution in [2.75, 3.05) is 11.9 Å². The zero-order chi connectivity index (χ0) is 14.7. The molecule has 6 heteroatoms. The average Bonchev–Trinajstić information content (AvgIpc) is 2.77. The van der Waals surface area contributed by atoms with E-state index in [9.17, 15) is 0 Å². The average molecular weight is 386 g/mol. The Labute approximate surface area is 132 Å². The van der Waals surface area contributed by atoms with Gasteiger partial charge in [-0.05, 0) is 49.3 Å². The molecule has 1 N–H and O–H groups in total. The summed E-state index contributed by atoms with van der Waals surface area (Å²) in [6.07, 6.45) is 1.93. The van der Waals surface area contributed by atoms with Crippen LogP contribution < -0.4 is 5.32 Å². The van der Waals surface area contributed by atoms with E-state index in [1.165, 1.54) is 0 Å². The number of nitrogens with one attached hydrogen (secondary N) is 1. The molecule has 2 aromatic heterocycles. The van der Waals surface area contributed by atoms with Crippen LogP contribution in [0.2, 0.25) is 0 Å². The van der Waals surface area contributed by atoms with Crippen molar-refractivity contribution >= 4 is 28.4 Å². The van der Waals surface area contributed by atoms with Gasteiger partial charge in [-0.2, -0.15) is 0 Å². The van der Waals surface area contributed by atoms with E-state index in [2.05, 4.69) is 56.9 Å². The van der Waals surface area contributed by atoms with Crippen molar-refractivity contribution in [1.82, 2.24) is 15.1 Å². The maximum atomic E-state index is 5.22. The summed E-state index contributed by atoms with van der Waals surface area (Å²) < 4.78 is 6.31. The Kier molecular flexibility index (Phi) is 4.95. The number of nitrogens with zero attached hydrogens (tertiary/aromatic N) is 3. The molecule has 20 heavy (non-hydrogen) atoms. The van der Waals surface area contributed by atoms with Crippen LogP contribution in [0.4, 0.5) is 5.82 Å². The summed E-state index contributed by atoms with van der Waals surface area (Å²) in [5.41, 5.74) is 2.78. The van der Waals surface area contributed by atoms with E-state index in [0.29, 0.717) is 5.82 Å². The first-order chi connectivity index (χ1) is 9.58. The Balaban J connectivity index is 2.54. The second-order valence-corrected chi connectivity index (χ2v) is 5.71. The van der Waals surface area contributed by atoms with E-state index in [4.69, 9.17) is 4.52 Å². The van der Waals surface area contributed by atoms with Crippen molar-refractivity contribution in [3.63, 3.8) is 0 Å². The summed E-state index contributed by atoms with van der Waals surface area (Å²) in [6, 6.07) is 0. The zero-order valence-corrected chi connectivity index (χ0v) is 14.4. The van der Waals surface area contributed by atoms with Crippen LogP contribution >= 0.6 is 22.6 Å². The minimum absolute atomic E-state index is 0.692. The maximum Gasteiger partial charge on any atom is 0.167 e. The topological polar surface area (TPSA) is 63.8 Å². The molecule has 0 fully saturated rings. The largest absolute Gasteiger partial charge is 0.369 e. The number of aryl methyl sites for hydroxylation is 3. The van der Waals surface area contributed by atoms with Crippen molar-refractivity contribution in [3.05, 3.63) is 20.7 Å². The van der Waals surface area contributed by atoms with Crippen molar-refractivity contribution in [2.45, 2.75) is 40.5 Å². The summed E-state index contributed by atoms with van der Waals surface area (Å²) in [4.78, 5) is 9.32. The fourth-order valence-electron chi connectivity index (χ4n) is 2.00. The molecule has 0 saturated carbocycles. The van der Waals surface area contributed by atoms with Gasteiger partial charge in [0.15, 0.2) is 5.82 Å². The molecule has 108 valence electrons. The first-order valence-electron chi connectivity index (χ1n) is 6.82. The molecule has 0 aliphatic heterocycles. The van der Waals surface area contributed by atoms with Crippen molar-refractivity contribution in [1.29, 1.82) is 0 Å². The lowest BCUT2D eigenvalue weighted by Crippen LogP contribution is -2.09. The third-order valence-corrected chi connectivity index (χ3v) is 4.19. The Morgan fingerprint density at radius 3 is 2.50 bits per heavy atom. The number of aromatic nitrogens is 3. The SMILES string of the molecule is CCCNc1nc(-c2c(C)noc2C)nc(CC)c1I. The summed E-state index contributed by atoms with van der Waals surface area (Å²) >= 11 is 2.31. The third kappa shape index (κ3) is 2.94. The van der Waals surface area contributed by atoms with Crippen LogP contribution in [0.3, 0.4) is 0 Å². The molecule has 0 radical (unpaired) electrons. The summed E-state index contributed by atoms with van der Waals surface area (Å²) in [5, 5.41) is 7.35. The highest BCUT2D eigenvalue weighted by Crippen LogP contribution is 2.28. The molecule has 0 saturated heterocycles. The predicted octanol–water partition coefficient (Wildman–Crippen LogP) is 3.74. The zero-order valence-electron chi connectivity index (χ0n) is 12.2. The number of rotatable bonds is 5. The van der Waals surface area contributed by atoms with Crippen LogP contribution in [-0.4, -0.2) is 21.7 Å². The fraction of sp³-hybridized carbons (Fsp3) is 0.500. The van der Waals surface area contributed by atoms with E-state index in [1.54, 1.807) is 0 Å². The summed E-state index contributed by atoms with van der Waals surface area (Å²) in [5.74, 6) is 2.35. The van der Waals surface area contributed by atoms with Crippen molar-refractivity contribution in [2.24, 2.45) is 0 Å². The van der Waals surface area contributed by atoms with Gasteiger partial charge in [0.25, 0.3) is 0 Å². The molecule has 2 aromatic rings. The smallest absolute Gasteiger partial charge is 0.167 e. The first kappa shape index (κ1) is 15.2. The van der Waals surface area contributed by atoms with Gasteiger partial charge in [0.2, 0.25) is 0 Å². The summed E-state index contributed by atoms with van der Waals surface area (Å²) in [6.45, 7) is 8.94. The molecule has 0 atom stereocenters. The van der Waals surface area contributed by atoms with E-state index < -0.39 is 0 Å². The van der Waals surface area contributed by atoms with Gasteiger partial charge in [-0.3, -0.25) is 0 Å². The second-order valence-electron chi connectivity index (χ2n) is 4.64. The van der Waals surface area contributed by atoms with Gasteiger partial charge in [-0.1, -0.05) is 19.0 Å². The van der Waals surface area contributed by atoms with Crippen molar-refractivity contribution < 1.29 is 4.52 Å². The second kappa shape index (κ2) is 6.51. The third-order valence-electron chi connectivity index (χ3n) is 3.05. The molecule has 2 heterocycles. The van der Waals surface area contributed by atoms with Crippen LogP contribution in [0.15, 0.2) is 4.52 Å². The van der Waals surface area contributed by atoms with E-state index in [1.807, 2.05) is 13.8 Å². The van der Waals surface area contributed by atoms with Crippen molar-refractivity contribution in [3.8, 4) is 11.4 Å². The monoisotopic (exact) mass is 386 g/mol. The van der Waals surface area contributed by atoms with Gasteiger partial charge in [-0.15, -0.1) is 0 Å². The molecule has 0 bridgehead atoms. The number of halogens is 1. The van der Waals surface area contributed by atoms with Gasteiger partial charge in [0.05, 0.1) is 20.5 Å². The van der Waals surface area contributed by atoms with Crippen LogP contribution in [-0.2, 0) is 6.42 Å². The van der Waals surface area contributed by atoms with Crippen LogP contribution in [0, 0.1) is 17.4 Å². The molecule has 0 aliphatic rings. The Morgan fingerprint density at radius 2 is 1.95 bits per heavy atom. The number of hydrogen-bond acceptors (Lipinski definition) is 5. The molecule has 0 spiro atoms. The van der Waals surface area contributed by atoms with Crippen LogP contribution in [0.1, 0.15) is 37.4 Å². The van der Waals surface area contributed by atoms with E-state index >= 15 is 0 Å². The molecule has 0 unspecified atom stereocenters. The lowest BCUT2D eigenvalue weighted by molar-refractivity contribution is 0.393. The minimum Gasteiger partial charge on any atom is -0.369 e.